The predicted octanol–water partition coefficient (Wildman–Crippen LogP) is 3.83. The van der Waals surface area contributed by atoms with Crippen LogP contribution in [0.1, 0.15) is 34.1 Å². The molecule has 2 aromatic carbocycles. The number of hydrogen-bond donors (Lipinski definition) is 2. The van der Waals surface area contributed by atoms with Crippen LogP contribution in [0.15, 0.2) is 47.8 Å². The number of aromatic hydroxyl groups is 2. The molecule has 1 amide bonds. The van der Waals surface area contributed by atoms with E-state index in [9.17, 15) is 19.8 Å². The maximum Gasteiger partial charge on any atom is 0.342 e. The number of phenolic OH excluding ortho intramolecular Hbond substituents is 2. The fourth-order valence-electron chi connectivity index (χ4n) is 3.63. The van der Waals surface area contributed by atoms with Crippen LogP contribution in [-0.2, 0) is 9.53 Å². The van der Waals surface area contributed by atoms with E-state index in [1.807, 2.05) is 17.5 Å². The van der Waals surface area contributed by atoms with E-state index in [1.54, 1.807) is 40.5 Å². The molecule has 0 radical (unpaired) electrons. The maximum absolute atomic E-state index is 12.6. The van der Waals surface area contributed by atoms with Crippen molar-refractivity contribution in [3.05, 3.63) is 58.3 Å². The highest BCUT2D eigenvalue weighted by molar-refractivity contribution is 7.10. The molecule has 1 aliphatic heterocycles. The molecule has 0 aliphatic carbocycles. The van der Waals surface area contributed by atoms with Crippen LogP contribution in [0.2, 0.25) is 0 Å². The smallest absolute Gasteiger partial charge is 0.342 e. The average Bonchev–Trinajstić information content (AvgIpc) is 3.40. The van der Waals surface area contributed by atoms with Gasteiger partial charge in [0.05, 0.1) is 6.04 Å². The normalized spacial score (nSPS) is 16.4. The predicted molar refractivity (Wildman–Crippen MR) is 106 cm³/mol. The molecule has 28 heavy (non-hydrogen) atoms. The number of phenols is 2. The number of benzene rings is 2. The number of rotatable bonds is 4. The lowest BCUT2D eigenvalue weighted by Gasteiger charge is -2.23. The Kier molecular flexibility index (Phi) is 4.92. The molecule has 1 unspecified atom stereocenters. The van der Waals surface area contributed by atoms with Crippen molar-refractivity contribution in [2.75, 3.05) is 13.2 Å². The molecule has 144 valence electrons. The number of ether oxygens (including phenoxy) is 1. The number of nitrogens with zero attached hydrogens (tertiary/aromatic N) is 1. The molecule has 1 saturated heterocycles. The topological polar surface area (TPSA) is 87.1 Å². The number of carbonyl (C=O) groups is 2. The van der Waals surface area contributed by atoms with Gasteiger partial charge in [-0.1, -0.05) is 30.3 Å². The Morgan fingerprint density at radius 3 is 2.68 bits per heavy atom. The van der Waals surface area contributed by atoms with Crippen LogP contribution in [0.25, 0.3) is 10.8 Å². The van der Waals surface area contributed by atoms with Gasteiger partial charge in [-0.2, -0.15) is 0 Å². The molecule has 3 aromatic rings. The third-order valence-electron chi connectivity index (χ3n) is 4.99. The Labute approximate surface area is 165 Å². The van der Waals surface area contributed by atoms with Crippen LogP contribution in [0, 0.1) is 0 Å². The summed E-state index contributed by atoms with van der Waals surface area (Å²) in [6.07, 6.45) is 1.79. The van der Waals surface area contributed by atoms with Gasteiger partial charge in [-0.15, -0.1) is 11.3 Å². The third-order valence-corrected chi connectivity index (χ3v) is 5.96. The first-order valence-corrected chi connectivity index (χ1v) is 9.88. The highest BCUT2D eigenvalue weighted by atomic mass is 32.1. The van der Waals surface area contributed by atoms with E-state index in [4.69, 9.17) is 4.74 Å². The van der Waals surface area contributed by atoms with E-state index in [-0.39, 0.29) is 29.0 Å². The second-order valence-electron chi connectivity index (χ2n) is 6.67. The molecule has 1 aromatic heterocycles. The van der Waals surface area contributed by atoms with Crippen LogP contribution in [-0.4, -0.2) is 40.1 Å². The Morgan fingerprint density at radius 2 is 1.93 bits per heavy atom. The number of hydrogen-bond acceptors (Lipinski definition) is 6. The van der Waals surface area contributed by atoms with Crippen molar-refractivity contribution in [2.24, 2.45) is 0 Å². The zero-order chi connectivity index (χ0) is 19.7. The first-order valence-electron chi connectivity index (χ1n) is 9.00. The lowest BCUT2D eigenvalue weighted by Crippen LogP contribution is -2.34. The van der Waals surface area contributed by atoms with Gasteiger partial charge in [0.2, 0.25) is 0 Å². The van der Waals surface area contributed by atoms with Gasteiger partial charge in [0.1, 0.15) is 17.1 Å². The van der Waals surface area contributed by atoms with Crippen LogP contribution >= 0.6 is 11.3 Å². The first-order chi connectivity index (χ1) is 13.6. The lowest BCUT2D eigenvalue weighted by molar-refractivity contribution is -0.135. The highest BCUT2D eigenvalue weighted by Crippen LogP contribution is 2.36. The quantitative estimate of drug-likeness (QED) is 0.516. The van der Waals surface area contributed by atoms with E-state index < -0.39 is 12.6 Å². The summed E-state index contributed by atoms with van der Waals surface area (Å²) in [7, 11) is 0. The fourth-order valence-corrected chi connectivity index (χ4v) is 4.50. The summed E-state index contributed by atoms with van der Waals surface area (Å²) in [4.78, 5) is 27.9. The van der Waals surface area contributed by atoms with Crippen LogP contribution in [0.4, 0.5) is 0 Å². The van der Waals surface area contributed by atoms with E-state index in [0.717, 1.165) is 23.8 Å². The maximum atomic E-state index is 12.6. The molecular weight excluding hydrogens is 378 g/mol. The number of thiophene rings is 1. The van der Waals surface area contributed by atoms with Crippen molar-refractivity contribution in [1.82, 2.24) is 4.90 Å². The molecule has 7 heteroatoms. The number of carbonyl (C=O) groups excluding carboxylic acids is 2. The first kappa shape index (κ1) is 18.3. The van der Waals surface area contributed by atoms with E-state index in [0.29, 0.717) is 17.3 Å². The van der Waals surface area contributed by atoms with E-state index in [1.165, 1.54) is 0 Å². The largest absolute Gasteiger partial charge is 0.507 e. The van der Waals surface area contributed by atoms with Gasteiger partial charge in [-0.05, 0) is 30.4 Å². The highest BCUT2D eigenvalue weighted by Gasteiger charge is 2.31. The van der Waals surface area contributed by atoms with Crippen molar-refractivity contribution in [1.29, 1.82) is 0 Å². The fraction of sp³-hybridized carbons (Fsp3) is 0.238. The molecule has 0 bridgehead atoms. The van der Waals surface area contributed by atoms with Gasteiger partial charge >= 0.3 is 5.97 Å². The van der Waals surface area contributed by atoms with E-state index >= 15 is 0 Å². The minimum atomic E-state index is -0.848. The molecule has 0 saturated carbocycles. The Hall–Kier alpha value is -3.06. The minimum Gasteiger partial charge on any atom is -0.507 e. The van der Waals surface area contributed by atoms with Crippen molar-refractivity contribution < 1.29 is 24.5 Å². The van der Waals surface area contributed by atoms with Gasteiger partial charge < -0.3 is 19.8 Å². The Balaban J connectivity index is 1.48. The number of fused-ring (bicyclic) bond motifs is 1. The molecule has 2 heterocycles. The molecule has 4 rings (SSSR count). The second-order valence-corrected chi connectivity index (χ2v) is 7.65. The Bertz CT molecular complexity index is 1030. The van der Waals surface area contributed by atoms with Crippen LogP contribution in [0.5, 0.6) is 11.5 Å². The third kappa shape index (κ3) is 3.29. The summed E-state index contributed by atoms with van der Waals surface area (Å²) < 4.78 is 5.15. The summed E-state index contributed by atoms with van der Waals surface area (Å²) >= 11 is 1.60. The average molecular weight is 397 g/mol. The standard InChI is InChI=1S/C21H19NO5S/c23-17-11-15(20(25)14-6-2-1-5-13(14)17)21(26)27-12-19(24)22-9-3-7-16(22)18-8-4-10-28-18/h1-2,4-6,8,10-11,16,23,25H,3,7,9,12H2. The van der Waals surface area contributed by atoms with Crippen molar-refractivity contribution in [3.8, 4) is 11.5 Å². The molecule has 1 fully saturated rings. The molecular formula is C21H19NO5S. The number of amides is 1. The van der Waals surface area contributed by atoms with Crippen molar-refractivity contribution >= 4 is 34.0 Å². The molecule has 0 spiro atoms. The molecule has 1 atom stereocenters. The molecule has 1 aliphatic rings. The zero-order valence-corrected chi connectivity index (χ0v) is 15.8. The Morgan fingerprint density at radius 1 is 1.14 bits per heavy atom. The summed E-state index contributed by atoms with van der Waals surface area (Å²) in [6, 6.07) is 11.8. The molecule has 2 N–H and O–H groups in total. The molecule has 6 nitrogen and oxygen atoms in total. The van der Waals surface area contributed by atoms with Crippen LogP contribution < -0.4 is 0 Å². The van der Waals surface area contributed by atoms with Gasteiger partial charge in [-0.3, -0.25) is 4.79 Å². The van der Waals surface area contributed by atoms with Gasteiger partial charge in [0.15, 0.2) is 6.61 Å². The minimum absolute atomic E-state index is 0.0179. The van der Waals surface area contributed by atoms with Gasteiger partial charge in [-0.25, -0.2) is 4.79 Å². The number of likely N-dealkylation sites (tertiary alicyclic amines) is 1. The van der Waals surface area contributed by atoms with Gasteiger partial charge in [0.25, 0.3) is 5.91 Å². The zero-order valence-electron chi connectivity index (χ0n) is 15.0. The SMILES string of the molecule is O=C(OCC(=O)N1CCCC1c1cccs1)c1cc(O)c2ccccc2c1O. The summed E-state index contributed by atoms with van der Waals surface area (Å²) in [5.41, 5.74) is -0.166. The van der Waals surface area contributed by atoms with Crippen LogP contribution in [0.3, 0.4) is 0 Å². The summed E-state index contributed by atoms with van der Waals surface area (Å²) in [5, 5.41) is 23.3. The van der Waals surface area contributed by atoms with Crippen molar-refractivity contribution in [3.63, 3.8) is 0 Å². The lowest BCUT2D eigenvalue weighted by atomic mass is 10.0. The number of esters is 1. The second kappa shape index (κ2) is 7.52. The van der Waals surface area contributed by atoms with Crippen molar-refractivity contribution in [2.45, 2.75) is 18.9 Å². The van der Waals surface area contributed by atoms with E-state index in [2.05, 4.69) is 0 Å². The monoisotopic (exact) mass is 397 g/mol. The van der Waals surface area contributed by atoms with Gasteiger partial charge in [0, 0.05) is 22.2 Å². The summed E-state index contributed by atoms with van der Waals surface area (Å²) in [6.45, 7) is 0.217. The summed E-state index contributed by atoms with van der Waals surface area (Å²) in [5.74, 6) is -1.53.